The second-order valence-electron chi connectivity index (χ2n) is 7.38. The Hall–Kier alpha value is -2.97. The average molecular weight is 426 g/mol. The van der Waals surface area contributed by atoms with Crippen LogP contribution < -0.4 is 0 Å². The summed E-state index contributed by atoms with van der Waals surface area (Å²) in [6.45, 7) is 4.93. The van der Waals surface area contributed by atoms with Crippen LogP contribution in [0.15, 0.2) is 64.0 Å². The molecule has 30 heavy (non-hydrogen) atoms. The maximum atomic E-state index is 13.0. The van der Waals surface area contributed by atoms with Gasteiger partial charge in [-0.05, 0) is 37.1 Å². The van der Waals surface area contributed by atoms with Crippen LogP contribution in [0.1, 0.15) is 21.6 Å². The summed E-state index contributed by atoms with van der Waals surface area (Å²) < 4.78 is 32.6. The van der Waals surface area contributed by atoms with Gasteiger partial charge in [0.1, 0.15) is 0 Å². The Morgan fingerprint density at radius 3 is 2.30 bits per heavy atom. The molecular weight excluding hydrogens is 402 g/mol. The van der Waals surface area contributed by atoms with E-state index in [2.05, 4.69) is 5.16 Å². The van der Waals surface area contributed by atoms with Gasteiger partial charge < -0.3 is 9.42 Å². The highest BCUT2D eigenvalue weighted by Crippen LogP contribution is 2.23. The maximum Gasteiger partial charge on any atom is 0.276 e. The van der Waals surface area contributed by atoms with E-state index in [9.17, 15) is 13.2 Å². The molecule has 2 aromatic carbocycles. The van der Waals surface area contributed by atoms with Crippen molar-refractivity contribution < 1.29 is 17.7 Å². The van der Waals surface area contributed by atoms with E-state index in [1.807, 2.05) is 50.2 Å². The smallest absolute Gasteiger partial charge is 0.276 e. The highest BCUT2D eigenvalue weighted by Gasteiger charge is 2.31. The topological polar surface area (TPSA) is 83.7 Å². The number of amides is 1. The van der Waals surface area contributed by atoms with Gasteiger partial charge in [-0.15, -0.1) is 0 Å². The SMILES string of the molecule is Cc1ccc(S(=O)(=O)N2CCN(C(=O)c3cc(-c4ccccc4)on3)CC2)cc1C. The molecule has 1 aliphatic heterocycles. The molecule has 1 amide bonds. The molecule has 0 radical (unpaired) electrons. The molecule has 0 unspecified atom stereocenters. The summed E-state index contributed by atoms with van der Waals surface area (Å²) in [5, 5.41) is 3.90. The first-order chi connectivity index (χ1) is 14.4. The van der Waals surface area contributed by atoms with Crippen LogP contribution in [0.25, 0.3) is 11.3 Å². The molecule has 0 saturated carbocycles. The van der Waals surface area contributed by atoms with Gasteiger partial charge in [0, 0.05) is 37.8 Å². The lowest BCUT2D eigenvalue weighted by molar-refractivity contribution is 0.0687. The largest absolute Gasteiger partial charge is 0.355 e. The summed E-state index contributed by atoms with van der Waals surface area (Å²) in [5.41, 5.74) is 3.05. The first-order valence-electron chi connectivity index (χ1n) is 9.75. The van der Waals surface area contributed by atoms with Gasteiger partial charge in [-0.1, -0.05) is 41.6 Å². The molecule has 1 saturated heterocycles. The third kappa shape index (κ3) is 3.88. The van der Waals surface area contributed by atoms with Crippen molar-refractivity contribution in [1.29, 1.82) is 0 Å². The predicted molar refractivity (Wildman–Crippen MR) is 113 cm³/mol. The second kappa shape index (κ2) is 8.04. The lowest BCUT2D eigenvalue weighted by Crippen LogP contribution is -2.50. The van der Waals surface area contributed by atoms with Crippen LogP contribution in [0.4, 0.5) is 0 Å². The van der Waals surface area contributed by atoms with Gasteiger partial charge in [0.2, 0.25) is 10.0 Å². The first-order valence-corrected chi connectivity index (χ1v) is 11.2. The fraction of sp³-hybridized carbons (Fsp3) is 0.273. The van der Waals surface area contributed by atoms with Gasteiger partial charge in [0.25, 0.3) is 5.91 Å². The molecule has 7 nitrogen and oxygen atoms in total. The normalized spacial score (nSPS) is 15.3. The lowest BCUT2D eigenvalue weighted by Gasteiger charge is -2.33. The quantitative estimate of drug-likeness (QED) is 0.641. The van der Waals surface area contributed by atoms with Gasteiger partial charge in [-0.2, -0.15) is 4.31 Å². The number of benzene rings is 2. The third-order valence-corrected chi connectivity index (χ3v) is 7.32. The Morgan fingerprint density at radius 2 is 1.63 bits per heavy atom. The Balaban J connectivity index is 1.43. The van der Waals surface area contributed by atoms with Crippen LogP contribution in [0.3, 0.4) is 0 Å². The average Bonchev–Trinajstić information content (AvgIpc) is 3.26. The molecule has 4 rings (SSSR count). The third-order valence-electron chi connectivity index (χ3n) is 5.43. The number of hydrogen-bond acceptors (Lipinski definition) is 5. The number of rotatable bonds is 4. The molecule has 156 valence electrons. The van der Waals surface area contributed by atoms with Crippen molar-refractivity contribution in [2.24, 2.45) is 0 Å². The standard InChI is InChI=1S/C22H23N3O4S/c1-16-8-9-19(14-17(16)2)30(27,28)25-12-10-24(11-13-25)22(26)20-15-21(29-23-20)18-6-4-3-5-7-18/h3-9,14-15H,10-13H2,1-2H3. The second-order valence-corrected chi connectivity index (χ2v) is 9.32. The molecule has 0 atom stereocenters. The van der Waals surface area contributed by atoms with Crippen molar-refractivity contribution >= 4 is 15.9 Å². The van der Waals surface area contributed by atoms with Gasteiger partial charge in [-0.25, -0.2) is 8.42 Å². The van der Waals surface area contributed by atoms with E-state index in [0.29, 0.717) is 18.8 Å². The number of aromatic nitrogens is 1. The van der Waals surface area contributed by atoms with Crippen molar-refractivity contribution in [2.45, 2.75) is 18.7 Å². The molecule has 8 heteroatoms. The van der Waals surface area contributed by atoms with Crippen molar-refractivity contribution in [3.63, 3.8) is 0 Å². The summed E-state index contributed by atoms with van der Waals surface area (Å²) in [6.07, 6.45) is 0. The molecular formula is C22H23N3O4S. The summed E-state index contributed by atoms with van der Waals surface area (Å²) in [7, 11) is -3.59. The molecule has 3 aromatic rings. The zero-order valence-corrected chi connectivity index (χ0v) is 17.7. The van der Waals surface area contributed by atoms with Crippen molar-refractivity contribution in [1.82, 2.24) is 14.4 Å². The number of nitrogens with zero attached hydrogens (tertiary/aromatic N) is 3. The minimum atomic E-state index is -3.59. The highest BCUT2D eigenvalue weighted by atomic mass is 32.2. The summed E-state index contributed by atoms with van der Waals surface area (Å²) in [6, 6.07) is 16.2. The molecule has 0 aliphatic carbocycles. The van der Waals surface area contributed by atoms with E-state index in [1.165, 1.54) is 4.31 Å². The van der Waals surface area contributed by atoms with Gasteiger partial charge in [0.15, 0.2) is 11.5 Å². The van der Waals surface area contributed by atoms with Crippen LogP contribution in [-0.2, 0) is 10.0 Å². The molecule has 1 fully saturated rings. The highest BCUT2D eigenvalue weighted by molar-refractivity contribution is 7.89. The number of carbonyl (C=O) groups excluding carboxylic acids is 1. The van der Waals surface area contributed by atoms with Crippen LogP contribution in [0, 0.1) is 13.8 Å². The summed E-state index contributed by atoms with van der Waals surface area (Å²) >= 11 is 0. The van der Waals surface area contributed by atoms with E-state index in [4.69, 9.17) is 4.52 Å². The maximum absolute atomic E-state index is 13.0. The van der Waals surface area contributed by atoms with E-state index in [-0.39, 0.29) is 29.6 Å². The summed E-state index contributed by atoms with van der Waals surface area (Å²) in [4.78, 5) is 14.7. The minimum Gasteiger partial charge on any atom is -0.355 e. The summed E-state index contributed by atoms with van der Waals surface area (Å²) in [5.74, 6) is 0.263. The van der Waals surface area contributed by atoms with E-state index < -0.39 is 10.0 Å². The Labute approximate surface area is 176 Å². The van der Waals surface area contributed by atoms with Gasteiger partial charge in [0.05, 0.1) is 4.90 Å². The van der Waals surface area contributed by atoms with Crippen LogP contribution in [-0.4, -0.2) is 54.9 Å². The Morgan fingerprint density at radius 1 is 0.933 bits per heavy atom. The Bertz CT molecular complexity index is 1160. The molecule has 1 aliphatic rings. The number of hydrogen-bond donors (Lipinski definition) is 0. The monoisotopic (exact) mass is 425 g/mol. The lowest BCUT2D eigenvalue weighted by atomic mass is 10.1. The zero-order valence-electron chi connectivity index (χ0n) is 16.9. The van der Waals surface area contributed by atoms with Crippen molar-refractivity contribution in [3.8, 4) is 11.3 Å². The molecule has 0 N–H and O–H groups in total. The first kappa shape index (κ1) is 20.3. The predicted octanol–water partition coefficient (Wildman–Crippen LogP) is 3.11. The zero-order chi connectivity index (χ0) is 21.3. The minimum absolute atomic E-state index is 0.222. The number of piperazine rings is 1. The van der Waals surface area contributed by atoms with Crippen LogP contribution in [0.5, 0.6) is 0 Å². The Kier molecular flexibility index (Phi) is 5.44. The fourth-order valence-corrected chi connectivity index (χ4v) is 4.94. The van der Waals surface area contributed by atoms with Crippen LogP contribution >= 0.6 is 0 Å². The molecule has 0 bridgehead atoms. The molecule has 2 heterocycles. The van der Waals surface area contributed by atoms with E-state index >= 15 is 0 Å². The van der Waals surface area contributed by atoms with Crippen molar-refractivity contribution in [2.75, 3.05) is 26.2 Å². The van der Waals surface area contributed by atoms with Crippen LogP contribution in [0.2, 0.25) is 0 Å². The molecule has 1 aromatic heterocycles. The van der Waals surface area contributed by atoms with Gasteiger partial charge in [-0.3, -0.25) is 4.79 Å². The van der Waals surface area contributed by atoms with Crippen molar-refractivity contribution in [3.05, 3.63) is 71.4 Å². The van der Waals surface area contributed by atoms with E-state index in [1.54, 1.807) is 23.1 Å². The van der Waals surface area contributed by atoms with Gasteiger partial charge >= 0.3 is 0 Å². The number of sulfonamides is 1. The number of aryl methyl sites for hydroxylation is 2. The fourth-order valence-electron chi connectivity index (χ4n) is 3.43. The number of carbonyl (C=O) groups is 1. The molecule has 0 spiro atoms. The van der Waals surface area contributed by atoms with E-state index in [0.717, 1.165) is 16.7 Å².